The number of benzene rings is 1. The highest BCUT2D eigenvalue weighted by atomic mass is 32.2. The molecule has 2 heterocycles. The fourth-order valence-corrected chi connectivity index (χ4v) is 2.84. The number of rotatable bonds is 0. The summed E-state index contributed by atoms with van der Waals surface area (Å²) in [6.45, 7) is 0. The lowest BCUT2D eigenvalue weighted by Gasteiger charge is -2.24. The van der Waals surface area contributed by atoms with Gasteiger partial charge in [-0.3, -0.25) is 0 Å². The van der Waals surface area contributed by atoms with Gasteiger partial charge < -0.3 is 9.29 Å². The SMILES string of the molecule is O=C(O)N1C=CN2c3c(cccc31)OS2(=O)=O. The zero-order valence-corrected chi connectivity index (χ0v) is 9.09. The van der Waals surface area contributed by atoms with Crippen molar-refractivity contribution in [3.63, 3.8) is 0 Å². The van der Waals surface area contributed by atoms with E-state index in [9.17, 15) is 13.2 Å². The summed E-state index contributed by atoms with van der Waals surface area (Å²) in [6.07, 6.45) is 1.10. The molecule has 0 atom stereocenters. The van der Waals surface area contributed by atoms with Crippen molar-refractivity contribution < 1.29 is 22.5 Å². The van der Waals surface area contributed by atoms with E-state index in [2.05, 4.69) is 0 Å². The lowest BCUT2D eigenvalue weighted by molar-refractivity contribution is 0.204. The predicted octanol–water partition coefficient (Wildman–Crippen LogP) is 1.10. The van der Waals surface area contributed by atoms with Crippen LogP contribution in [0.5, 0.6) is 5.75 Å². The maximum Gasteiger partial charge on any atom is 0.416 e. The van der Waals surface area contributed by atoms with Gasteiger partial charge in [-0.25, -0.2) is 14.0 Å². The monoisotopic (exact) mass is 254 g/mol. The van der Waals surface area contributed by atoms with E-state index in [0.29, 0.717) is 0 Å². The standard InChI is InChI=1S/C9H6N2O5S/c12-9(13)10-4-5-11-8-6(10)2-1-3-7(8)16-17(11,14)15/h1-5H,(H,12,13). The molecular weight excluding hydrogens is 248 g/mol. The fraction of sp³-hybridized carbons (Fsp3) is 0. The zero-order chi connectivity index (χ0) is 12.2. The lowest BCUT2D eigenvalue weighted by Crippen LogP contribution is -2.32. The van der Waals surface area contributed by atoms with Gasteiger partial charge in [0.25, 0.3) is 0 Å². The van der Waals surface area contributed by atoms with Crippen molar-refractivity contribution in [2.45, 2.75) is 0 Å². The van der Waals surface area contributed by atoms with Crippen molar-refractivity contribution in [2.24, 2.45) is 0 Å². The van der Waals surface area contributed by atoms with Gasteiger partial charge in [-0.2, -0.15) is 8.42 Å². The van der Waals surface area contributed by atoms with E-state index in [1.807, 2.05) is 0 Å². The molecule has 1 amide bonds. The maximum atomic E-state index is 11.6. The van der Waals surface area contributed by atoms with Crippen LogP contribution < -0.4 is 13.4 Å². The lowest BCUT2D eigenvalue weighted by atomic mass is 10.2. The molecule has 0 saturated heterocycles. The van der Waals surface area contributed by atoms with Gasteiger partial charge in [-0.15, -0.1) is 0 Å². The van der Waals surface area contributed by atoms with Crippen LogP contribution in [-0.2, 0) is 10.3 Å². The van der Waals surface area contributed by atoms with E-state index >= 15 is 0 Å². The summed E-state index contributed by atoms with van der Waals surface area (Å²) >= 11 is 0. The zero-order valence-electron chi connectivity index (χ0n) is 8.27. The molecule has 2 aliphatic heterocycles. The molecule has 0 aliphatic carbocycles. The molecule has 8 heteroatoms. The molecule has 0 saturated carbocycles. The highest BCUT2D eigenvalue weighted by molar-refractivity contribution is 7.89. The Morgan fingerprint density at radius 3 is 2.76 bits per heavy atom. The Bertz CT molecular complexity index is 651. The Morgan fingerprint density at radius 2 is 2.06 bits per heavy atom. The minimum atomic E-state index is -3.89. The van der Waals surface area contributed by atoms with E-state index in [1.54, 1.807) is 0 Å². The first kappa shape index (κ1) is 9.97. The smallest absolute Gasteiger partial charge is 0.416 e. The van der Waals surface area contributed by atoms with Crippen LogP contribution >= 0.6 is 0 Å². The number of carboxylic acid groups (broad SMARTS) is 1. The Hall–Kier alpha value is -2.22. The molecule has 0 spiro atoms. The first-order valence-electron chi connectivity index (χ1n) is 4.58. The second kappa shape index (κ2) is 2.92. The number of anilines is 2. The third-order valence-electron chi connectivity index (χ3n) is 2.45. The molecular formula is C9H6N2O5S. The number of amides is 1. The van der Waals surface area contributed by atoms with Crippen LogP contribution in [0.2, 0.25) is 0 Å². The highest BCUT2D eigenvalue weighted by Crippen LogP contribution is 2.47. The average molecular weight is 254 g/mol. The van der Waals surface area contributed by atoms with Crippen LogP contribution in [0, 0.1) is 0 Å². The second-order valence-corrected chi connectivity index (χ2v) is 4.83. The topological polar surface area (TPSA) is 87.2 Å². The molecule has 1 N–H and O–H groups in total. The van der Waals surface area contributed by atoms with Gasteiger partial charge in [0.05, 0.1) is 5.69 Å². The third kappa shape index (κ3) is 1.21. The summed E-state index contributed by atoms with van der Waals surface area (Å²) in [6, 6.07) is 4.51. The summed E-state index contributed by atoms with van der Waals surface area (Å²) in [5.74, 6) is 0.123. The Balaban J connectivity index is 2.29. The summed E-state index contributed by atoms with van der Waals surface area (Å²) in [5, 5.41) is 8.98. The van der Waals surface area contributed by atoms with Crippen LogP contribution in [0.4, 0.5) is 16.2 Å². The van der Waals surface area contributed by atoms with Crippen LogP contribution in [0.15, 0.2) is 30.6 Å². The van der Waals surface area contributed by atoms with Gasteiger partial charge in [0, 0.05) is 12.4 Å². The molecule has 0 unspecified atom stereocenters. The highest BCUT2D eigenvalue weighted by Gasteiger charge is 2.40. The van der Waals surface area contributed by atoms with Crippen LogP contribution in [0.25, 0.3) is 0 Å². The Labute approximate surface area is 96.4 Å². The number of hydrogen-bond donors (Lipinski definition) is 1. The fourth-order valence-electron chi connectivity index (χ4n) is 1.78. The maximum absolute atomic E-state index is 11.6. The largest absolute Gasteiger partial charge is 0.464 e. The summed E-state index contributed by atoms with van der Waals surface area (Å²) in [7, 11) is -3.89. The molecule has 0 bridgehead atoms. The number of nitrogens with zero attached hydrogens (tertiary/aromatic N) is 2. The van der Waals surface area contributed by atoms with Crippen molar-refractivity contribution in [1.82, 2.24) is 0 Å². The predicted molar refractivity (Wildman–Crippen MR) is 58.1 cm³/mol. The first-order chi connectivity index (χ1) is 8.00. The number of hydrogen-bond acceptors (Lipinski definition) is 4. The Morgan fingerprint density at radius 1 is 1.29 bits per heavy atom. The quantitative estimate of drug-likeness (QED) is 0.749. The van der Waals surface area contributed by atoms with E-state index < -0.39 is 16.4 Å². The molecule has 0 aromatic heterocycles. The average Bonchev–Trinajstić information content (AvgIpc) is 2.52. The molecule has 88 valence electrons. The van der Waals surface area contributed by atoms with Gasteiger partial charge in [-0.1, -0.05) is 6.07 Å². The van der Waals surface area contributed by atoms with E-state index in [4.69, 9.17) is 9.29 Å². The van der Waals surface area contributed by atoms with E-state index in [0.717, 1.165) is 21.6 Å². The Kier molecular flexibility index (Phi) is 1.71. The van der Waals surface area contributed by atoms with E-state index in [1.165, 1.54) is 18.2 Å². The minimum Gasteiger partial charge on any atom is -0.464 e. The third-order valence-corrected chi connectivity index (χ3v) is 3.63. The van der Waals surface area contributed by atoms with Crippen LogP contribution in [0.1, 0.15) is 0 Å². The molecule has 17 heavy (non-hydrogen) atoms. The minimum absolute atomic E-state index is 0.123. The number of carbonyl (C=O) groups is 1. The second-order valence-electron chi connectivity index (χ2n) is 3.41. The molecule has 1 aromatic carbocycles. The van der Waals surface area contributed by atoms with Gasteiger partial charge in [-0.05, 0) is 12.1 Å². The van der Waals surface area contributed by atoms with Crippen molar-refractivity contribution in [2.75, 3.05) is 9.21 Å². The van der Waals surface area contributed by atoms with Crippen LogP contribution in [-0.4, -0.2) is 19.6 Å². The first-order valence-corrected chi connectivity index (χ1v) is 5.94. The molecule has 7 nitrogen and oxygen atoms in total. The van der Waals surface area contributed by atoms with E-state index in [-0.39, 0.29) is 17.1 Å². The van der Waals surface area contributed by atoms with Crippen molar-refractivity contribution in [3.8, 4) is 5.75 Å². The molecule has 0 radical (unpaired) electrons. The normalized spacial score (nSPS) is 18.8. The van der Waals surface area contributed by atoms with Gasteiger partial charge >= 0.3 is 16.4 Å². The van der Waals surface area contributed by atoms with Gasteiger partial charge in [0.1, 0.15) is 5.69 Å². The van der Waals surface area contributed by atoms with Crippen molar-refractivity contribution >= 4 is 27.8 Å². The summed E-state index contributed by atoms with van der Waals surface area (Å²) in [5.41, 5.74) is 0.468. The summed E-state index contributed by atoms with van der Waals surface area (Å²) in [4.78, 5) is 11.9. The van der Waals surface area contributed by atoms with Crippen molar-refractivity contribution in [1.29, 1.82) is 0 Å². The van der Waals surface area contributed by atoms with Gasteiger partial charge in [0.15, 0.2) is 5.75 Å². The number of para-hydroxylation sites is 1. The molecule has 1 aromatic rings. The van der Waals surface area contributed by atoms with Crippen LogP contribution in [0.3, 0.4) is 0 Å². The molecule has 0 fully saturated rings. The molecule has 2 aliphatic rings. The van der Waals surface area contributed by atoms with Gasteiger partial charge in [0.2, 0.25) is 0 Å². The summed E-state index contributed by atoms with van der Waals surface area (Å²) < 4.78 is 28.9. The van der Waals surface area contributed by atoms with Crippen molar-refractivity contribution in [3.05, 3.63) is 30.6 Å². The molecule has 3 rings (SSSR count).